The molecule has 0 fully saturated rings. The van der Waals surface area contributed by atoms with Crippen LogP contribution in [0.4, 0.5) is 0 Å². The predicted octanol–water partition coefficient (Wildman–Crippen LogP) is 4.72. The number of hydrogen-bond acceptors (Lipinski definition) is 19. The van der Waals surface area contributed by atoms with Crippen LogP contribution < -0.4 is 59.1 Å². The molecule has 0 aromatic carbocycles. The van der Waals surface area contributed by atoms with Gasteiger partial charge in [0.1, 0.15) is 76.9 Å². The molecule has 10 aromatic rings. The number of alkyl halides is 1. The third-order valence-corrected chi connectivity index (χ3v) is 15.7. The molecule has 0 radical (unpaired) electrons. The number of aromatic nitrogens is 15. The second kappa shape index (κ2) is 38.9. The largest absolute Gasteiger partial charge is 1.00 e. The number of nitrogens with zero attached hydrogens (tertiary/aromatic N) is 12. The van der Waals surface area contributed by atoms with Crippen molar-refractivity contribution in [3.8, 4) is 0 Å². The molecule has 0 bridgehead atoms. The van der Waals surface area contributed by atoms with Crippen LogP contribution in [0.25, 0.3) is 55.8 Å². The van der Waals surface area contributed by atoms with Gasteiger partial charge < -0.3 is 60.6 Å². The summed E-state index contributed by atoms with van der Waals surface area (Å²) in [6.45, 7) is 17.6. The van der Waals surface area contributed by atoms with Crippen LogP contribution in [0.5, 0.6) is 0 Å². The van der Waals surface area contributed by atoms with E-state index >= 15 is 0 Å². The van der Waals surface area contributed by atoms with Crippen molar-refractivity contribution in [2.75, 3.05) is 19.3 Å². The van der Waals surface area contributed by atoms with Gasteiger partial charge in [-0.1, -0.05) is 50.9 Å². The molecule has 10 rings (SSSR count). The van der Waals surface area contributed by atoms with Crippen LogP contribution in [0.3, 0.4) is 0 Å². The second-order valence-electron chi connectivity index (χ2n) is 18.5. The molecular formula is C48H59Br5ClN15Na2O9Si2. The van der Waals surface area contributed by atoms with Gasteiger partial charge in [-0.3, -0.25) is 9.59 Å². The Kier molecular flexibility index (Phi) is 36.5. The Labute approximate surface area is 566 Å². The molecule has 0 saturated heterocycles. The van der Waals surface area contributed by atoms with Gasteiger partial charge in [-0.25, -0.2) is 49.8 Å². The zero-order valence-corrected chi connectivity index (χ0v) is 60.7. The first-order valence-corrected chi connectivity index (χ1v) is 35.3. The molecule has 24 nitrogen and oxygen atoms in total. The van der Waals surface area contributed by atoms with Gasteiger partial charge in [0.05, 0.1) is 55.3 Å². The van der Waals surface area contributed by atoms with Crippen molar-refractivity contribution in [3.05, 3.63) is 113 Å². The van der Waals surface area contributed by atoms with Gasteiger partial charge >= 0.3 is 59.1 Å². The number of H-pyrrole nitrogens is 3. The maximum absolute atomic E-state index is 11.1. The molecule has 0 aliphatic carbocycles. The Balaban J connectivity index is 0.000000974. The van der Waals surface area contributed by atoms with Gasteiger partial charge in [0.15, 0.2) is 40.8 Å². The van der Waals surface area contributed by atoms with Gasteiger partial charge in [-0.2, -0.15) is 0 Å². The van der Waals surface area contributed by atoms with Crippen molar-refractivity contribution < 1.29 is 105 Å². The number of carbonyl (C=O) groups excluding carboxylic acids is 3. The average Bonchev–Trinajstić information content (AvgIpc) is 4.50. The topological polar surface area (TPSA) is 346 Å². The SMILES string of the molecule is Brc1cnc2[nH]ccc2n1.C=O.C[Si](C)(C)CCOCCl.C[Si](C)(C)CCOCn1cc(C=O)c2nc(Br)cnc21.O=Cc1c[nH]c2ncc(Br)nc12.OCc1c[nH]c2ncc(Br)nc12.OCc1cn(CO)c2ncc(Br)nc12.[H-].[Na+].[Na+].[OH-]. The van der Waals surface area contributed by atoms with Crippen molar-refractivity contribution in [1.82, 2.24) is 73.9 Å². The molecule has 10 heterocycles. The average molecular weight is 1530 g/mol. The van der Waals surface area contributed by atoms with Crippen LogP contribution in [0, 0.1) is 0 Å². The van der Waals surface area contributed by atoms with Crippen molar-refractivity contribution >= 4 is 183 Å². The quantitative estimate of drug-likeness (QED) is 0.0371. The fraction of sp³-hybridized carbons (Fsp3) is 0.312. The number of fused-ring (bicyclic) bond motifs is 5. The first-order chi connectivity index (χ1) is 37.7. The minimum atomic E-state index is -1.08. The van der Waals surface area contributed by atoms with Crippen LogP contribution in [0.15, 0.2) is 91.1 Å². The summed E-state index contributed by atoms with van der Waals surface area (Å²) in [4.78, 5) is 79.7. The summed E-state index contributed by atoms with van der Waals surface area (Å²) in [7, 11) is -1.96. The molecule has 7 N–H and O–H groups in total. The fourth-order valence-electron chi connectivity index (χ4n) is 6.36. The summed E-state index contributed by atoms with van der Waals surface area (Å²) in [5.74, 6) is 0. The maximum atomic E-state index is 11.1. The van der Waals surface area contributed by atoms with E-state index in [1.165, 1.54) is 10.6 Å². The number of aliphatic hydroxyl groups is 3. The van der Waals surface area contributed by atoms with E-state index in [0.29, 0.717) is 92.6 Å². The molecule has 0 unspecified atom stereocenters. The molecule has 432 valence electrons. The van der Waals surface area contributed by atoms with Crippen LogP contribution in [-0.2, 0) is 40.9 Å². The molecule has 0 amide bonds. The fourth-order valence-corrected chi connectivity index (χ4v) is 9.40. The molecular weight excluding hydrogens is 1470 g/mol. The standard InChI is InChI=1S/C13H18BrN3O2Si.C8H8BrN3O2.C7H6BrN3O.C7H4BrN3O.C6H4BrN3.C6H15ClOSi.CH2O.2Na.H2O.H/c1-20(2,3)5-4-19-9-17-7-10(8-18)12-13(17)15-6-11(14)16-12;9-6-1-10-8-7(11-6)5(3-13)2-12(8)4-14;2*8-5-2-10-7-6(11-5)4(3-12)1-9-7;7-5-3-9-6-4(10-5)1-2-8-6;1-9(2,3)5-4-8-6-7;1-2;;;;/h6-8H,4-5,9H2,1-3H3;1-2,13-14H,3-4H2;1-2,12H,3H2,(H,9,10);1-3H,(H,9,10);1-3H,(H,8,9);4-6H2,1-3H3;1H2;;;1H2;/q;;;;;;;2*+1;;-1/p-1. The number of carbonyl (C=O) groups is 3. The van der Waals surface area contributed by atoms with Gasteiger partial charge in [0.25, 0.3) is 0 Å². The molecule has 82 heavy (non-hydrogen) atoms. The van der Waals surface area contributed by atoms with Crippen LogP contribution in [0.1, 0.15) is 33.3 Å². The van der Waals surface area contributed by atoms with Crippen molar-refractivity contribution in [2.45, 2.75) is 78.0 Å². The number of rotatable bonds is 14. The molecule has 0 aliphatic heterocycles. The smallest absolute Gasteiger partial charge is 1.00 e. The molecule has 10 aromatic heterocycles. The summed E-state index contributed by atoms with van der Waals surface area (Å²) in [6, 6.07) is 4.54. The Hall–Kier alpha value is -3.01. The van der Waals surface area contributed by atoms with E-state index < -0.39 is 16.1 Å². The molecule has 0 atom stereocenters. The van der Waals surface area contributed by atoms with E-state index in [2.05, 4.69) is 184 Å². The molecule has 0 aliphatic rings. The summed E-state index contributed by atoms with van der Waals surface area (Å²) in [5.41, 5.74) is 9.26. The number of aliphatic hydroxyl groups excluding tert-OH is 3. The number of aromatic amines is 3. The summed E-state index contributed by atoms with van der Waals surface area (Å²) >= 11 is 21.4. The first-order valence-electron chi connectivity index (χ1n) is 23.4. The van der Waals surface area contributed by atoms with E-state index in [9.17, 15) is 9.59 Å². The monoisotopic (exact) mass is 1520 g/mol. The van der Waals surface area contributed by atoms with Gasteiger partial charge in [-0.05, 0) is 97.8 Å². The van der Waals surface area contributed by atoms with Gasteiger partial charge in [-0.15, -0.1) is 0 Å². The van der Waals surface area contributed by atoms with E-state index in [-0.39, 0.29) is 86.0 Å². The van der Waals surface area contributed by atoms with E-state index in [1.807, 2.05) is 23.6 Å². The van der Waals surface area contributed by atoms with Gasteiger partial charge in [0, 0.05) is 71.5 Å². The Morgan fingerprint density at radius 1 is 0.598 bits per heavy atom. The second-order valence-corrected chi connectivity index (χ2v) is 34.0. The maximum Gasteiger partial charge on any atom is 1.00 e. The Morgan fingerprint density at radius 3 is 1.59 bits per heavy atom. The third kappa shape index (κ3) is 24.8. The van der Waals surface area contributed by atoms with Gasteiger partial charge in [0.2, 0.25) is 0 Å². The molecule has 34 heteroatoms. The Bertz CT molecular complexity index is 3540. The molecule has 0 saturated carbocycles. The van der Waals surface area contributed by atoms with Crippen molar-refractivity contribution in [1.29, 1.82) is 0 Å². The number of aldehydes is 2. The zero-order chi connectivity index (χ0) is 58.3. The van der Waals surface area contributed by atoms with Crippen molar-refractivity contribution in [3.63, 3.8) is 0 Å². The minimum absolute atomic E-state index is 0. The van der Waals surface area contributed by atoms with E-state index in [1.54, 1.807) is 55.8 Å². The summed E-state index contributed by atoms with van der Waals surface area (Å²) < 4.78 is 17.3. The van der Waals surface area contributed by atoms with Crippen LogP contribution >= 0.6 is 91.3 Å². The number of hydrogen-bond donors (Lipinski definition) is 6. The number of halogens is 6. The normalized spacial score (nSPS) is 10.6. The van der Waals surface area contributed by atoms with E-state index in [0.717, 1.165) is 53.2 Å². The Morgan fingerprint density at radius 2 is 1.06 bits per heavy atom. The summed E-state index contributed by atoms with van der Waals surface area (Å²) in [5, 5.41) is 27.0. The first kappa shape index (κ1) is 77.0. The van der Waals surface area contributed by atoms with Crippen LogP contribution in [0.2, 0.25) is 51.4 Å². The zero-order valence-electron chi connectivity index (χ0n) is 47.0. The van der Waals surface area contributed by atoms with E-state index in [4.69, 9.17) is 41.2 Å². The van der Waals surface area contributed by atoms with Crippen LogP contribution in [-0.4, -0.2) is 150 Å². The van der Waals surface area contributed by atoms with Crippen molar-refractivity contribution in [2.24, 2.45) is 0 Å². The third-order valence-electron chi connectivity index (χ3n) is 10.3. The summed E-state index contributed by atoms with van der Waals surface area (Å²) in [6.07, 6.45) is 18.0. The number of nitrogens with one attached hydrogen (secondary N) is 3. The number of ether oxygens (including phenoxy) is 2. The predicted molar refractivity (Wildman–Crippen MR) is 329 cm³/mol. The minimum Gasteiger partial charge on any atom is -1.00 e. The molecule has 0 spiro atoms.